The third kappa shape index (κ3) is 2.28. The number of aromatic nitrogens is 1. The van der Waals surface area contributed by atoms with Crippen LogP contribution < -0.4 is 10.6 Å². The number of nitrogens with one attached hydrogen (secondary N) is 2. The monoisotopic (exact) mass is 265 g/mol. The SMILES string of the molecule is CC1CCCC(Nc2c(Cl)cnc3c2CCN3)C1. The van der Waals surface area contributed by atoms with Crippen molar-refractivity contribution >= 4 is 23.1 Å². The van der Waals surface area contributed by atoms with Crippen molar-refractivity contribution in [3.63, 3.8) is 0 Å². The van der Waals surface area contributed by atoms with Gasteiger partial charge in [-0.1, -0.05) is 31.4 Å². The van der Waals surface area contributed by atoms with Crippen LogP contribution in [0, 0.1) is 5.92 Å². The third-order valence-corrected chi connectivity index (χ3v) is 4.37. The molecule has 0 spiro atoms. The highest BCUT2D eigenvalue weighted by molar-refractivity contribution is 6.33. The van der Waals surface area contributed by atoms with Crippen molar-refractivity contribution in [2.24, 2.45) is 5.92 Å². The van der Waals surface area contributed by atoms with Crippen LogP contribution in [0.15, 0.2) is 6.20 Å². The van der Waals surface area contributed by atoms with E-state index in [1.807, 2.05) is 0 Å². The predicted octanol–water partition coefficient (Wildman–Crippen LogP) is 3.69. The van der Waals surface area contributed by atoms with E-state index in [1.54, 1.807) is 6.20 Å². The maximum atomic E-state index is 6.31. The molecule has 18 heavy (non-hydrogen) atoms. The highest BCUT2D eigenvalue weighted by atomic mass is 35.5. The lowest BCUT2D eigenvalue weighted by Gasteiger charge is -2.29. The fourth-order valence-electron chi connectivity index (χ4n) is 3.15. The Hall–Kier alpha value is -0.960. The van der Waals surface area contributed by atoms with Crippen LogP contribution in [0.5, 0.6) is 0 Å². The molecule has 1 fully saturated rings. The first-order valence-electron chi connectivity index (χ1n) is 6.92. The van der Waals surface area contributed by atoms with Gasteiger partial charge in [-0.25, -0.2) is 4.98 Å². The molecule has 2 atom stereocenters. The zero-order valence-corrected chi connectivity index (χ0v) is 11.6. The molecule has 2 unspecified atom stereocenters. The highest BCUT2D eigenvalue weighted by Gasteiger charge is 2.23. The maximum Gasteiger partial charge on any atom is 0.131 e. The molecule has 1 aromatic heterocycles. The van der Waals surface area contributed by atoms with Gasteiger partial charge >= 0.3 is 0 Å². The minimum atomic E-state index is 0.568. The molecule has 1 aliphatic heterocycles. The summed E-state index contributed by atoms with van der Waals surface area (Å²) in [6, 6.07) is 0.568. The van der Waals surface area contributed by atoms with Crippen molar-refractivity contribution in [1.29, 1.82) is 0 Å². The highest BCUT2D eigenvalue weighted by Crippen LogP contribution is 2.35. The van der Waals surface area contributed by atoms with E-state index in [0.29, 0.717) is 6.04 Å². The molecule has 1 aliphatic carbocycles. The summed E-state index contributed by atoms with van der Waals surface area (Å²) in [6.45, 7) is 3.31. The van der Waals surface area contributed by atoms with Crippen LogP contribution in [0.1, 0.15) is 38.2 Å². The summed E-state index contributed by atoms with van der Waals surface area (Å²) in [4.78, 5) is 4.34. The molecule has 0 aromatic carbocycles. The van der Waals surface area contributed by atoms with Gasteiger partial charge in [-0.2, -0.15) is 0 Å². The van der Waals surface area contributed by atoms with E-state index in [-0.39, 0.29) is 0 Å². The topological polar surface area (TPSA) is 37.0 Å². The van der Waals surface area contributed by atoms with E-state index in [9.17, 15) is 0 Å². The Morgan fingerprint density at radius 3 is 3.17 bits per heavy atom. The van der Waals surface area contributed by atoms with E-state index in [2.05, 4.69) is 22.5 Å². The van der Waals surface area contributed by atoms with Crippen LogP contribution in [0.3, 0.4) is 0 Å². The van der Waals surface area contributed by atoms with Crippen molar-refractivity contribution in [2.45, 2.75) is 45.1 Å². The first-order chi connectivity index (χ1) is 8.74. The van der Waals surface area contributed by atoms with E-state index in [1.165, 1.54) is 31.2 Å². The van der Waals surface area contributed by atoms with Crippen LogP contribution in [0.2, 0.25) is 5.02 Å². The number of rotatable bonds is 2. The molecule has 4 heteroatoms. The lowest BCUT2D eigenvalue weighted by atomic mass is 9.87. The van der Waals surface area contributed by atoms with Gasteiger partial charge in [0.25, 0.3) is 0 Å². The molecule has 0 radical (unpaired) electrons. The van der Waals surface area contributed by atoms with Crippen LogP contribution in [-0.4, -0.2) is 17.6 Å². The Kier molecular flexibility index (Phi) is 3.33. The lowest BCUT2D eigenvalue weighted by molar-refractivity contribution is 0.358. The Bertz CT molecular complexity index is 447. The van der Waals surface area contributed by atoms with Crippen LogP contribution >= 0.6 is 11.6 Å². The Morgan fingerprint density at radius 1 is 1.44 bits per heavy atom. The molecule has 2 N–H and O–H groups in total. The standard InChI is InChI=1S/C14H20ClN3/c1-9-3-2-4-10(7-9)18-13-11-5-6-16-14(11)17-8-12(13)15/h8-10H,2-7H2,1H3,(H2,16,17,18). The number of halogens is 1. The molecule has 3 nitrogen and oxygen atoms in total. The normalized spacial score (nSPS) is 26.6. The van der Waals surface area contributed by atoms with Crippen molar-refractivity contribution < 1.29 is 0 Å². The molecular formula is C14H20ClN3. The Morgan fingerprint density at radius 2 is 2.33 bits per heavy atom. The molecule has 1 aromatic rings. The first kappa shape index (κ1) is 12.1. The maximum absolute atomic E-state index is 6.31. The summed E-state index contributed by atoms with van der Waals surface area (Å²) in [6.07, 6.45) is 7.97. The average Bonchev–Trinajstić information content (AvgIpc) is 2.81. The zero-order valence-electron chi connectivity index (χ0n) is 10.8. The van der Waals surface area contributed by atoms with Gasteiger partial charge in [0, 0.05) is 18.2 Å². The van der Waals surface area contributed by atoms with Crippen LogP contribution in [-0.2, 0) is 6.42 Å². The fraction of sp³-hybridized carbons (Fsp3) is 0.643. The molecule has 2 aliphatic rings. The van der Waals surface area contributed by atoms with Crippen LogP contribution in [0.25, 0.3) is 0 Å². The Balaban J connectivity index is 1.82. The summed E-state index contributed by atoms with van der Waals surface area (Å²) >= 11 is 6.31. The molecule has 98 valence electrons. The second kappa shape index (κ2) is 4.96. The van der Waals surface area contributed by atoms with Gasteiger partial charge < -0.3 is 10.6 Å². The molecule has 3 rings (SSSR count). The molecule has 2 heterocycles. The van der Waals surface area contributed by atoms with Gasteiger partial charge in [-0.15, -0.1) is 0 Å². The molecular weight excluding hydrogens is 246 g/mol. The third-order valence-electron chi connectivity index (χ3n) is 4.09. The molecule has 0 amide bonds. The van der Waals surface area contributed by atoms with Gasteiger partial charge in [-0.05, 0) is 25.2 Å². The summed E-state index contributed by atoms with van der Waals surface area (Å²) in [5, 5.41) is 7.73. The van der Waals surface area contributed by atoms with E-state index in [0.717, 1.165) is 35.4 Å². The van der Waals surface area contributed by atoms with Gasteiger partial charge in [0.15, 0.2) is 0 Å². The quantitative estimate of drug-likeness (QED) is 0.856. The largest absolute Gasteiger partial charge is 0.381 e. The summed E-state index contributed by atoms with van der Waals surface area (Å²) < 4.78 is 0. The smallest absolute Gasteiger partial charge is 0.131 e. The molecule has 1 saturated carbocycles. The van der Waals surface area contributed by atoms with E-state index >= 15 is 0 Å². The summed E-state index contributed by atoms with van der Waals surface area (Å²) in [5.74, 6) is 1.83. The number of hydrogen-bond donors (Lipinski definition) is 2. The first-order valence-corrected chi connectivity index (χ1v) is 7.29. The van der Waals surface area contributed by atoms with Crippen molar-refractivity contribution in [2.75, 3.05) is 17.2 Å². The zero-order chi connectivity index (χ0) is 12.5. The van der Waals surface area contributed by atoms with Crippen molar-refractivity contribution in [3.8, 4) is 0 Å². The van der Waals surface area contributed by atoms with Crippen molar-refractivity contribution in [1.82, 2.24) is 4.98 Å². The summed E-state index contributed by atoms with van der Waals surface area (Å²) in [5.41, 5.74) is 2.38. The number of hydrogen-bond acceptors (Lipinski definition) is 3. The van der Waals surface area contributed by atoms with E-state index < -0.39 is 0 Å². The van der Waals surface area contributed by atoms with Crippen molar-refractivity contribution in [3.05, 3.63) is 16.8 Å². The van der Waals surface area contributed by atoms with E-state index in [4.69, 9.17) is 11.6 Å². The summed E-state index contributed by atoms with van der Waals surface area (Å²) in [7, 11) is 0. The Labute approximate surface area is 113 Å². The lowest BCUT2D eigenvalue weighted by Crippen LogP contribution is -2.26. The molecule has 0 saturated heterocycles. The molecule has 0 bridgehead atoms. The van der Waals surface area contributed by atoms with Gasteiger partial charge in [0.05, 0.1) is 16.9 Å². The minimum absolute atomic E-state index is 0.568. The second-order valence-corrected chi connectivity index (χ2v) is 6.01. The number of fused-ring (bicyclic) bond motifs is 1. The number of nitrogens with zero attached hydrogens (tertiary/aromatic N) is 1. The predicted molar refractivity (Wildman–Crippen MR) is 76.5 cm³/mol. The van der Waals surface area contributed by atoms with Gasteiger partial charge in [0.1, 0.15) is 5.82 Å². The number of pyridine rings is 1. The minimum Gasteiger partial charge on any atom is -0.381 e. The average molecular weight is 266 g/mol. The fourth-order valence-corrected chi connectivity index (χ4v) is 3.37. The second-order valence-electron chi connectivity index (χ2n) is 5.60. The number of anilines is 2. The van der Waals surface area contributed by atoms with Crippen LogP contribution in [0.4, 0.5) is 11.5 Å². The van der Waals surface area contributed by atoms with Gasteiger partial charge in [-0.3, -0.25) is 0 Å². The van der Waals surface area contributed by atoms with Gasteiger partial charge in [0.2, 0.25) is 0 Å².